The van der Waals surface area contributed by atoms with Crippen LogP contribution in [0.5, 0.6) is 23.3 Å². The van der Waals surface area contributed by atoms with Crippen LogP contribution < -0.4 is 19.5 Å². The van der Waals surface area contributed by atoms with Gasteiger partial charge >= 0.3 is 12.0 Å². The predicted molar refractivity (Wildman–Crippen MR) is 114 cm³/mol. The van der Waals surface area contributed by atoms with E-state index in [9.17, 15) is 14.7 Å². The number of hydrogen-bond donors (Lipinski definition) is 2. The van der Waals surface area contributed by atoms with E-state index in [4.69, 9.17) is 23.7 Å². The van der Waals surface area contributed by atoms with Crippen LogP contribution >= 0.6 is 0 Å². The summed E-state index contributed by atoms with van der Waals surface area (Å²) in [5.41, 5.74) is -0.0115. The van der Waals surface area contributed by atoms with Crippen molar-refractivity contribution < 1.29 is 38.4 Å². The van der Waals surface area contributed by atoms with Gasteiger partial charge < -0.3 is 34.1 Å². The standard InChI is InChI=1S/C22H19N5O8/c28-20(12-3-1-2-4-13(12)21(29)30)23-14-8-31-19-15(9-32-18(14)19)27-22(24-25-26-27)35-11-5-6-16-17(7-11)34-10-33-16/h1-7,14-15,18-19H,8-10H2,(H,23,28)(H,29,30)/t14-,15-,18+,19+/m0/s1. The zero-order valence-corrected chi connectivity index (χ0v) is 18.1. The van der Waals surface area contributed by atoms with Crippen LogP contribution in [0.2, 0.25) is 0 Å². The van der Waals surface area contributed by atoms with Gasteiger partial charge in [-0.05, 0) is 34.7 Å². The number of aromatic carboxylic acids is 1. The summed E-state index contributed by atoms with van der Waals surface area (Å²) >= 11 is 0. The van der Waals surface area contributed by atoms with Gasteiger partial charge in [0.25, 0.3) is 5.91 Å². The van der Waals surface area contributed by atoms with Crippen molar-refractivity contribution in [2.45, 2.75) is 24.3 Å². The van der Waals surface area contributed by atoms with Gasteiger partial charge in [-0.25, -0.2) is 4.79 Å². The second-order valence-corrected chi connectivity index (χ2v) is 8.12. The van der Waals surface area contributed by atoms with Gasteiger partial charge in [0, 0.05) is 6.07 Å². The molecular formula is C22H19N5O8. The highest BCUT2D eigenvalue weighted by Gasteiger charge is 2.50. The van der Waals surface area contributed by atoms with Crippen LogP contribution in [0.15, 0.2) is 42.5 Å². The number of carbonyl (C=O) groups excluding carboxylic acids is 1. The molecule has 1 amide bonds. The largest absolute Gasteiger partial charge is 0.478 e. The van der Waals surface area contributed by atoms with Crippen LogP contribution in [0.4, 0.5) is 0 Å². The summed E-state index contributed by atoms with van der Waals surface area (Å²) < 4.78 is 29.9. The number of amides is 1. The molecule has 2 N–H and O–H groups in total. The molecule has 4 atom stereocenters. The molecule has 0 aliphatic carbocycles. The van der Waals surface area contributed by atoms with Crippen molar-refractivity contribution in [2.24, 2.45) is 0 Å². The highest BCUT2D eigenvalue weighted by Crippen LogP contribution is 2.38. The number of nitrogens with zero attached hydrogens (tertiary/aromatic N) is 4. The van der Waals surface area contributed by atoms with Gasteiger partial charge in [-0.3, -0.25) is 4.79 Å². The number of benzene rings is 2. The molecule has 2 aromatic carbocycles. The molecule has 4 heterocycles. The molecule has 2 saturated heterocycles. The topological polar surface area (TPSA) is 156 Å². The van der Waals surface area contributed by atoms with E-state index >= 15 is 0 Å². The van der Waals surface area contributed by atoms with E-state index in [2.05, 4.69) is 20.8 Å². The fourth-order valence-corrected chi connectivity index (χ4v) is 4.43. The molecule has 3 aliphatic heterocycles. The average molecular weight is 481 g/mol. The Kier molecular flexibility index (Phi) is 5.19. The predicted octanol–water partition coefficient (Wildman–Crippen LogP) is 1.03. The fraction of sp³-hybridized carbons (Fsp3) is 0.318. The third kappa shape index (κ3) is 3.80. The van der Waals surface area contributed by atoms with E-state index < -0.39 is 36.2 Å². The van der Waals surface area contributed by atoms with E-state index in [0.29, 0.717) is 17.2 Å². The Morgan fingerprint density at radius 1 is 1.03 bits per heavy atom. The normalized spacial score (nSPS) is 24.2. The summed E-state index contributed by atoms with van der Waals surface area (Å²) in [6.45, 7) is 0.569. The second-order valence-electron chi connectivity index (χ2n) is 8.12. The lowest BCUT2D eigenvalue weighted by molar-refractivity contribution is 0.0605. The van der Waals surface area contributed by atoms with Crippen molar-refractivity contribution in [3.05, 3.63) is 53.6 Å². The maximum absolute atomic E-state index is 12.8. The first kappa shape index (κ1) is 21.3. The highest BCUT2D eigenvalue weighted by atomic mass is 16.7. The van der Waals surface area contributed by atoms with Gasteiger partial charge in [-0.15, -0.1) is 0 Å². The average Bonchev–Trinajstić information content (AvgIpc) is 3.65. The minimum Gasteiger partial charge on any atom is -0.478 e. The van der Waals surface area contributed by atoms with Gasteiger partial charge in [-0.1, -0.05) is 17.2 Å². The molecule has 0 unspecified atom stereocenters. The van der Waals surface area contributed by atoms with Crippen LogP contribution in [0, 0.1) is 0 Å². The summed E-state index contributed by atoms with van der Waals surface area (Å²) in [7, 11) is 0. The van der Waals surface area contributed by atoms with E-state index in [-0.39, 0.29) is 37.1 Å². The van der Waals surface area contributed by atoms with Crippen molar-refractivity contribution in [3.63, 3.8) is 0 Å². The van der Waals surface area contributed by atoms with Gasteiger partial charge in [0.1, 0.15) is 24.0 Å². The van der Waals surface area contributed by atoms with Crippen LogP contribution in [-0.2, 0) is 9.47 Å². The molecule has 0 bridgehead atoms. The molecule has 6 rings (SSSR count). The number of hydrogen-bond acceptors (Lipinski definition) is 10. The molecule has 0 spiro atoms. The smallest absolute Gasteiger partial charge is 0.341 e. The number of tetrazole rings is 1. The number of rotatable bonds is 6. The molecule has 180 valence electrons. The Balaban J connectivity index is 1.16. The lowest BCUT2D eigenvalue weighted by atomic mass is 10.0. The van der Waals surface area contributed by atoms with Crippen LogP contribution in [0.3, 0.4) is 0 Å². The fourth-order valence-electron chi connectivity index (χ4n) is 4.43. The quantitative estimate of drug-likeness (QED) is 0.518. The van der Waals surface area contributed by atoms with Gasteiger partial charge in [0.05, 0.1) is 30.4 Å². The molecule has 2 fully saturated rings. The third-order valence-corrected chi connectivity index (χ3v) is 6.08. The number of carboxylic acids is 1. The Morgan fingerprint density at radius 3 is 2.69 bits per heavy atom. The Morgan fingerprint density at radius 2 is 1.83 bits per heavy atom. The Hall–Kier alpha value is -4.23. The summed E-state index contributed by atoms with van der Waals surface area (Å²) in [4.78, 5) is 24.3. The lowest BCUT2D eigenvalue weighted by Gasteiger charge is -2.18. The number of carboxylic acid groups (broad SMARTS) is 1. The van der Waals surface area contributed by atoms with Crippen LogP contribution in [0.25, 0.3) is 0 Å². The minimum atomic E-state index is -1.18. The first-order valence-electron chi connectivity index (χ1n) is 10.8. The maximum Gasteiger partial charge on any atom is 0.341 e. The molecule has 13 heteroatoms. The summed E-state index contributed by atoms with van der Waals surface area (Å²) in [5.74, 6) is -0.0357. The summed E-state index contributed by atoms with van der Waals surface area (Å²) in [6.07, 6.45) is -0.916. The van der Waals surface area contributed by atoms with Crippen molar-refractivity contribution in [3.8, 4) is 23.3 Å². The summed E-state index contributed by atoms with van der Waals surface area (Å²) in [5, 5.41) is 24.0. The molecule has 0 saturated carbocycles. The molecule has 1 aromatic heterocycles. The lowest BCUT2D eigenvalue weighted by Crippen LogP contribution is -2.44. The number of ether oxygens (including phenoxy) is 5. The first-order chi connectivity index (χ1) is 17.1. The zero-order chi connectivity index (χ0) is 23.9. The SMILES string of the molecule is O=C(O)c1ccccc1C(=O)N[C@H]1CO[C@H]2[C@@H]1OC[C@@H]2n1nnnc1Oc1ccc2c(c1)OCO2. The Labute approximate surface area is 197 Å². The van der Waals surface area contributed by atoms with Crippen LogP contribution in [0.1, 0.15) is 26.8 Å². The number of nitrogens with one attached hydrogen (secondary N) is 1. The van der Waals surface area contributed by atoms with E-state index in [1.807, 2.05) is 0 Å². The third-order valence-electron chi connectivity index (χ3n) is 6.08. The molecule has 0 radical (unpaired) electrons. The minimum absolute atomic E-state index is 0.0675. The van der Waals surface area contributed by atoms with Crippen molar-refractivity contribution in [1.82, 2.24) is 25.5 Å². The van der Waals surface area contributed by atoms with E-state index in [1.165, 1.54) is 16.8 Å². The van der Waals surface area contributed by atoms with Crippen LogP contribution in [-0.4, -0.2) is 75.4 Å². The second kappa shape index (κ2) is 8.52. The first-order valence-corrected chi connectivity index (χ1v) is 10.8. The van der Waals surface area contributed by atoms with E-state index in [0.717, 1.165) is 0 Å². The van der Waals surface area contributed by atoms with Gasteiger partial charge in [0.15, 0.2) is 11.5 Å². The maximum atomic E-state index is 12.8. The van der Waals surface area contributed by atoms with E-state index in [1.54, 1.807) is 30.3 Å². The summed E-state index contributed by atoms with van der Waals surface area (Å²) in [6, 6.07) is 10.4. The van der Waals surface area contributed by atoms with Gasteiger partial charge in [-0.2, -0.15) is 4.68 Å². The molecule has 13 nitrogen and oxygen atoms in total. The van der Waals surface area contributed by atoms with Crippen molar-refractivity contribution in [2.75, 3.05) is 20.0 Å². The monoisotopic (exact) mass is 481 g/mol. The molecular weight excluding hydrogens is 462 g/mol. The highest BCUT2D eigenvalue weighted by molar-refractivity contribution is 6.04. The molecule has 3 aliphatic rings. The van der Waals surface area contributed by atoms with Gasteiger partial charge in [0.2, 0.25) is 6.79 Å². The number of carbonyl (C=O) groups is 2. The number of aromatic nitrogens is 4. The zero-order valence-electron chi connectivity index (χ0n) is 18.1. The molecule has 3 aromatic rings. The Bertz CT molecular complexity index is 1300. The molecule has 35 heavy (non-hydrogen) atoms. The van der Waals surface area contributed by atoms with Crippen molar-refractivity contribution in [1.29, 1.82) is 0 Å². The number of fused-ring (bicyclic) bond motifs is 2. The van der Waals surface area contributed by atoms with Crippen molar-refractivity contribution >= 4 is 11.9 Å².